The minimum atomic E-state index is -0.276. The second-order valence-electron chi connectivity index (χ2n) is 5.25. The zero-order valence-electron chi connectivity index (χ0n) is 12.6. The Morgan fingerprint density at radius 3 is 3.09 bits per heavy atom. The fourth-order valence-corrected chi connectivity index (χ4v) is 2.61. The number of hydrogen-bond donors (Lipinski definition) is 2. The number of aromatic amines is 1. The number of benzene rings is 1. The normalized spacial score (nSPS) is 13.8. The van der Waals surface area contributed by atoms with Crippen molar-refractivity contribution in [2.24, 2.45) is 5.10 Å². The number of rotatable bonds is 4. The first-order valence-electron chi connectivity index (χ1n) is 7.24. The molecule has 6 nitrogen and oxygen atoms in total. The summed E-state index contributed by atoms with van der Waals surface area (Å²) in [7, 11) is 1.62. The molecule has 1 aliphatic rings. The van der Waals surface area contributed by atoms with Crippen molar-refractivity contribution in [1.82, 2.24) is 15.6 Å². The molecule has 114 valence electrons. The molecule has 0 aliphatic heterocycles. The second kappa shape index (κ2) is 6.01. The molecule has 0 saturated carbocycles. The molecule has 0 bridgehead atoms. The van der Waals surface area contributed by atoms with Gasteiger partial charge >= 0.3 is 0 Å². The molecule has 22 heavy (non-hydrogen) atoms. The van der Waals surface area contributed by atoms with Crippen molar-refractivity contribution in [1.29, 1.82) is 0 Å². The third kappa shape index (κ3) is 2.72. The molecule has 3 rings (SSSR count). The van der Waals surface area contributed by atoms with Gasteiger partial charge in [-0.15, -0.1) is 0 Å². The van der Waals surface area contributed by atoms with Crippen molar-refractivity contribution < 1.29 is 9.53 Å². The van der Waals surface area contributed by atoms with E-state index in [4.69, 9.17) is 4.74 Å². The summed E-state index contributed by atoms with van der Waals surface area (Å²) in [4.78, 5) is 12.2. The van der Waals surface area contributed by atoms with Crippen molar-refractivity contribution in [2.75, 3.05) is 7.11 Å². The van der Waals surface area contributed by atoms with Crippen molar-refractivity contribution in [3.8, 4) is 5.75 Å². The van der Waals surface area contributed by atoms with Gasteiger partial charge in [0.2, 0.25) is 0 Å². The van der Waals surface area contributed by atoms with Crippen LogP contribution in [0.4, 0.5) is 0 Å². The Labute approximate surface area is 128 Å². The number of hydrazone groups is 1. The molecule has 1 aromatic carbocycles. The second-order valence-corrected chi connectivity index (χ2v) is 5.25. The van der Waals surface area contributed by atoms with Crippen LogP contribution in [-0.4, -0.2) is 28.9 Å². The molecule has 2 N–H and O–H groups in total. The summed E-state index contributed by atoms with van der Waals surface area (Å²) in [6.45, 7) is 1.84. The Morgan fingerprint density at radius 2 is 2.27 bits per heavy atom. The Hall–Kier alpha value is -2.63. The molecule has 0 unspecified atom stereocenters. The van der Waals surface area contributed by atoms with Crippen LogP contribution in [-0.2, 0) is 12.8 Å². The van der Waals surface area contributed by atoms with E-state index in [9.17, 15) is 4.79 Å². The molecular weight excluding hydrogens is 280 g/mol. The topological polar surface area (TPSA) is 79.4 Å². The van der Waals surface area contributed by atoms with Gasteiger partial charge in [0.25, 0.3) is 5.91 Å². The van der Waals surface area contributed by atoms with Crippen LogP contribution in [0.2, 0.25) is 0 Å². The van der Waals surface area contributed by atoms with Crippen molar-refractivity contribution in [3.63, 3.8) is 0 Å². The molecule has 2 aromatic rings. The number of aryl methyl sites for hydroxylation is 1. The third-order valence-corrected chi connectivity index (χ3v) is 3.83. The monoisotopic (exact) mass is 298 g/mol. The van der Waals surface area contributed by atoms with Gasteiger partial charge in [-0.2, -0.15) is 10.2 Å². The first-order chi connectivity index (χ1) is 10.7. The van der Waals surface area contributed by atoms with Crippen LogP contribution in [0.15, 0.2) is 29.4 Å². The van der Waals surface area contributed by atoms with Crippen LogP contribution in [0.1, 0.15) is 40.7 Å². The lowest BCUT2D eigenvalue weighted by Crippen LogP contribution is -2.21. The van der Waals surface area contributed by atoms with E-state index in [2.05, 4.69) is 20.7 Å². The van der Waals surface area contributed by atoms with Crippen LogP contribution < -0.4 is 10.2 Å². The van der Waals surface area contributed by atoms with Gasteiger partial charge in [0.15, 0.2) is 5.69 Å². The van der Waals surface area contributed by atoms with E-state index >= 15 is 0 Å². The van der Waals surface area contributed by atoms with Gasteiger partial charge < -0.3 is 4.74 Å². The first kappa shape index (κ1) is 14.3. The Kier molecular flexibility index (Phi) is 3.91. The summed E-state index contributed by atoms with van der Waals surface area (Å²) in [6, 6.07) is 7.54. The summed E-state index contributed by atoms with van der Waals surface area (Å²) in [5, 5.41) is 11.2. The molecule has 0 radical (unpaired) electrons. The molecule has 0 saturated heterocycles. The number of fused-ring (bicyclic) bond motifs is 1. The third-order valence-electron chi connectivity index (χ3n) is 3.83. The Bertz CT molecular complexity index is 733. The zero-order chi connectivity index (χ0) is 15.5. The summed E-state index contributed by atoms with van der Waals surface area (Å²) in [5.41, 5.74) is 6.72. The van der Waals surface area contributed by atoms with E-state index in [1.54, 1.807) is 7.11 Å². The number of carbonyl (C=O) groups is 1. The largest absolute Gasteiger partial charge is 0.497 e. The van der Waals surface area contributed by atoms with Crippen LogP contribution in [0.3, 0.4) is 0 Å². The molecule has 0 atom stereocenters. The van der Waals surface area contributed by atoms with Gasteiger partial charge in [0, 0.05) is 16.8 Å². The number of amides is 1. The van der Waals surface area contributed by atoms with Crippen LogP contribution in [0.25, 0.3) is 0 Å². The molecule has 1 aliphatic carbocycles. The highest BCUT2D eigenvalue weighted by molar-refractivity contribution is 6.01. The van der Waals surface area contributed by atoms with Gasteiger partial charge in [0.1, 0.15) is 5.75 Å². The molecule has 0 spiro atoms. The van der Waals surface area contributed by atoms with Crippen LogP contribution in [0, 0.1) is 0 Å². The fourth-order valence-electron chi connectivity index (χ4n) is 2.61. The van der Waals surface area contributed by atoms with Gasteiger partial charge in [-0.3, -0.25) is 9.89 Å². The van der Waals surface area contributed by atoms with Gasteiger partial charge in [0.05, 0.1) is 12.8 Å². The number of nitrogens with zero attached hydrogens (tertiary/aromatic N) is 2. The summed E-state index contributed by atoms with van der Waals surface area (Å²) >= 11 is 0. The fraction of sp³-hybridized carbons (Fsp3) is 0.312. The number of methoxy groups -OCH3 is 1. The maximum atomic E-state index is 12.2. The number of aromatic nitrogens is 2. The number of H-pyrrole nitrogens is 1. The van der Waals surface area contributed by atoms with Crippen LogP contribution >= 0.6 is 0 Å². The molecule has 1 heterocycles. The predicted octanol–water partition coefficient (Wildman–Crippen LogP) is 2.06. The van der Waals surface area contributed by atoms with Gasteiger partial charge in [-0.1, -0.05) is 12.1 Å². The highest BCUT2D eigenvalue weighted by atomic mass is 16.5. The van der Waals surface area contributed by atoms with E-state index < -0.39 is 0 Å². The quantitative estimate of drug-likeness (QED) is 0.670. The zero-order valence-corrected chi connectivity index (χ0v) is 12.6. The van der Waals surface area contributed by atoms with Crippen molar-refractivity contribution in [2.45, 2.75) is 26.2 Å². The number of hydrogen-bond acceptors (Lipinski definition) is 4. The van der Waals surface area contributed by atoms with Crippen molar-refractivity contribution in [3.05, 3.63) is 46.8 Å². The molecule has 1 aromatic heterocycles. The molecule has 6 heteroatoms. The minimum absolute atomic E-state index is 0.276. The van der Waals surface area contributed by atoms with E-state index in [0.29, 0.717) is 11.4 Å². The SMILES string of the molecule is COc1cccc(C(C)=NNC(=O)c2n[nH]c3c2CCC3)c1. The minimum Gasteiger partial charge on any atom is -0.497 e. The lowest BCUT2D eigenvalue weighted by molar-refractivity contribution is 0.0949. The molecule has 0 fully saturated rings. The van der Waals surface area contributed by atoms with E-state index in [0.717, 1.165) is 41.8 Å². The molecular formula is C16H18N4O2. The number of carbonyl (C=O) groups excluding carboxylic acids is 1. The average Bonchev–Trinajstić information content (AvgIpc) is 3.15. The smallest absolute Gasteiger partial charge is 0.292 e. The van der Waals surface area contributed by atoms with Crippen LogP contribution in [0.5, 0.6) is 5.75 Å². The highest BCUT2D eigenvalue weighted by Crippen LogP contribution is 2.22. The first-order valence-corrected chi connectivity index (χ1v) is 7.24. The van der Waals surface area contributed by atoms with E-state index in [-0.39, 0.29) is 5.91 Å². The standard InChI is InChI=1S/C16H18N4O2/c1-10(11-5-3-6-12(9-11)22-2)17-20-16(21)15-13-7-4-8-14(13)18-19-15/h3,5-6,9H,4,7-8H2,1-2H3,(H,18,19)(H,20,21). The highest BCUT2D eigenvalue weighted by Gasteiger charge is 2.22. The Morgan fingerprint density at radius 1 is 1.41 bits per heavy atom. The number of nitrogens with one attached hydrogen (secondary N) is 2. The molecule has 1 amide bonds. The summed E-state index contributed by atoms with van der Waals surface area (Å²) in [5.74, 6) is 0.477. The average molecular weight is 298 g/mol. The van der Waals surface area contributed by atoms with E-state index in [1.807, 2.05) is 31.2 Å². The van der Waals surface area contributed by atoms with Gasteiger partial charge in [-0.05, 0) is 38.3 Å². The number of ether oxygens (including phenoxy) is 1. The maximum Gasteiger partial charge on any atom is 0.292 e. The maximum absolute atomic E-state index is 12.2. The van der Waals surface area contributed by atoms with Crippen molar-refractivity contribution >= 4 is 11.6 Å². The predicted molar refractivity (Wildman–Crippen MR) is 83.3 cm³/mol. The summed E-state index contributed by atoms with van der Waals surface area (Å²) in [6.07, 6.45) is 2.92. The summed E-state index contributed by atoms with van der Waals surface area (Å²) < 4.78 is 5.18. The Balaban J connectivity index is 1.73. The van der Waals surface area contributed by atoms with Gasteiger partial charge in [-0.25, -0.2) is 5.43 Å². The lowest BCUT2D eigenvalue weighted by Gasteiger charge is -2.04. The lowest BCUT2D eigenvalue weighted by atomic mass is 10.1. The van der Waals surface area contributed by atoms with E-state index in [1.165, 1.54) is 0 Å².